The number of rotatable bonds is 6. The first-order chi connectivity index (χ1) is 12.2. The molecule has 3 aromatic rings. The monoisotopic (exact) mass is 369 g/mol. The van der Waals surface area contributed by atoms with E-state index in [1.807, 2.05) is 53.5 Å². The maximum Gasteiger partial charge on any atom is 0.206 e. The van der Waals surface area contributed by atoms with Crippen LogP contribution in [0, 0.1) is 0 Å². The molecule has 0 bridgehead atoms. The normalized spacial score (nSPS) is 12.0. The Hall–Kier alpha value is -2.44. The lowest BCUT2D eigenvalue weighted by Gasteiger charge is -2.05. The van der Waals surface area contributed by atoms with E-state index < -0.39 is 0 Å². The van der Waals surface area contributed by atoms with Crippen molar-refractivity contribution in [3.8, 4) is 17.0 Å². The first kappa shape index (κ1) is 17.4. The van der Waals surface area contributed by atoms with Crippen LogP contribution in [0.2, 0.25) is 0 Å². The second-order valence-electron chi connectivity index (χ2n) is 5.52. The summed E-state index contributed by atoms with van der Waals surface area (Å²) in [4.78, 5) is 5.48. The SMILES string of the molecule is C=C(C)CN=c1scc(-c2ccc(OC)cc2)n1N=Cc1ccsc1. The van der Waals surface area contributed by atoms with Gasteiger partial charge >= 0.3 is 0 Å². The number of hydrogen-bond acceptors (Lipinski definition) is 5. The lowest BCUT2D eigenvalue weighted by Crippen LogP contribution is -2.12. The Labute approximate surface area is 155 Å². The highest BCUT2D eigenvalue weighted by Crippen LogP contribution is 2.23. The quantitative estimate of drug-likeness (QED) is 0.461. The Morgan fingerprint density at radius 3 is 2.68 bits per heavy atom. The average molecular weight is 370 g/mol. The van der Waals surface area contributed by atoms with Crippen LogP contribution in [0.3, 0.4) is 0 Å². The molecule has 128 valence electrons. The van der Waals surface area contributed by atoms with Gasteiger partial charge in [-0.1, -0.05) is 12.2 Å². The third-order valence-corrected chi connectivity index (χ3v) is 4.98. The molecule has 4 nitrogen and oxygen atoms in total. The second kappa shape index (κ2) is 8.09. The molecule has 0 saturated carbocycles. The Balaban J connectivity index is 2.04. The Kier molecular flexibility index (Phi) is 5.63. The van der Waals surface area contributed by atoms with Crippen LogP contribution >= 0.6 is 22.7 Å². The largest absolute Gasteiger partial charge is 0.497 e. The molecule has 2 heterocycles. The van der Waals surface area contributed by atoms with Crippen molar-refractivity contribution < 1.29 is 4.74 Å². The lowest BCUT2D eigenvalue weighted by atomic mass is 10.2. The number of benzene rings is 1. The Morgan fingerprint density at radius 1 is 1.24 bits per heavy atom. The predicted molar refractivity (Wildman–Crippen MR) is 107 cm³/mol. The van der Waals surface area contributed by atoms with Gasteiger partial charge in [-0.25, -0.2) is 4.68 Å². The van der Waals surface area contributed by atoms with Crippen LogP contribution in [0.15, 0.2) is 68.7 Å². The fourth-order valence-corrected chi connectivity index (χ4v) is 3.60. The van der Waals surface area contributed by atoms with E-state index in [9.17, 15) is 0 Å². The summed E-state index contributed by atoms with van der Waals surface area (Å²) in [5.41, 5.74) is 4.17. The highest BCUT2D eigenvalue weighted by molar-refractivity contribution is 7.08. The molecule has 0 aliphatic rings. The van der Waals surface area contributed by atoms with Crippen molar-refractivity contribution in [1.82, 2.24) is 4.68 Å². The van der Waals surface area contributed by atoms with Gasteiger partial charge in [-0.2, -0.15) is 16.4 Å². The zero-order valence-electron chi connectivity index (χ0n) is 14.2. The van der Waals surface area contributed by atoms with Crippen molar-refractivity contribution in [3.05, 3.63) is 69.0 Å². The van der Waals surface area contributed by atoms with Crippen LogP contribution in [-0.2, 0) is 0 Å². The summed E-state index contributed by atoms with van der Waals surface area (Å²) >= 11 is 3.23. The van der Waals surface area contributed by atoms with E-state index in [2.05, 4.69) is 27.4 Å². The highest BCUT2D eigenvalue weighted by atomic mass is 32.1. The van der Waals surface area contributed by atoms with Gasteiger partial charge in [-0.15, -0.1) is 11.3 Å². The summed E-state index contributed by atoms with van der Waals surface area (Å²) in [7, 11) is 1.67. The summed E-state index contributed by atoms with van der Waals surface area (Å²) in [5.74, 6) is 0.833. The molecule has 25 heavy (non-hydrogen) atoms. The molecule has 0 aliphatic heterocycles. The van der Waals surface area contributed by atoms with Crippen LogP contribution in [0.25, 0.3) is 11.3 Å². The van der Waals surface area contributed by atoms with E-state index in [-0.39, 0.29) is 0 Å². The van der Waals surface area contributed by atoms with Crippen molar-refractivity contribution in [2.45, 2.75) is 6.92 Å². The van der Waals surface area contributed by atoms with Gasteiger partial charge in [0, 0.05) is 16.5 Å². The van der Waals surface area contributed by atoms with Crippen molar-refractivity contribution in [2.24, 2.45) is 10.1 Å². The number of methoxy groups -OCH3 is 1. The fraction of sp³-hybridized carbons (Fsp3) is 0.158. The first-order valence-electron chi connectivity index (χ1n) is 7.74. The van der Waals surface area contributed by atoms with Gasteiger partial charge in [-0.3, -0.25) is 4.99 Å². The topological polar surface area (TPSA) is 38.9 Å². The van der Waals surface area contributed by atoms with Gasteiger partial charge in [0.15, 0.2) is 0 Å². The molecule has 6 heteroatoms. The summed E-state index contributed by atoms with van der Waals surface area (Å²) in [5, 5.41) is 10.8. The molecule has 2 aromatic heterocycles. The number of aromatic nitrogens is 1. The van der Waals surface area contributed by atoms with Crippen LogP contribution in [0.4, 0.5) is 0 Å². The minimum absolute atomic E-state index is 0.594. The predicted octanol–water partition coefficient (Wildman–Crippen LogP) is 4.65. The van der Waals surface area contributed by atoms with Gasteiger partial charge in [0.05, 0.1) is 25.6 Å². The molecule has 0 amide bonds. The summed E-state index contributed by atoms with van der Waals surface area (Å²) in [6.45, 7) is 6.49. The molecule has 0 fully saturated rings. The van der Waals surface area contributed by atoms with E-state index in [0.717, 1.165) is 32.9 Å². The van der Waals surface area contributed by atoms with Crippen LogP contribution in [0.5, 0.6) is 5.75 Å². The molecule has 0 aliphatic carbocycles. The zero-order chi connectivity index (χ0) is 17.6. The van der Waals surface area contributed by atoms with E-state index in [1.54, 1.807) is 29.8 Å². The standard InChI is InChI=1S/C19H19N3OS2/c1-14(2)10-20-19-22(21-11-15-8-9-24-12-15)18(13-25-19)16-4-6-17(23-3)7-5-16/h4-9,11-13H,1,10H2,2-3H3. The molecule has 0 saturated heterocycles. The van der Waals surface area contributed by atoms with Crippen LogP contribution in [-0.4, -0.2) is 24.5 Å². The zero-order valence-corrected chi connectivity index (χ0v) is 15.8. The Morgan fingerprint density at radius 2 is 2.04 bits per heavy atom. The third-order valence-electron chi connectivity index (χ3n) is 3.42. The van der Waals surface area contributed by atoms with Crippen molar-refractivity contribution in [1.29, 1.82) is 0 Å². The van der Waals surface area contributed by atoms with Crippen molar-refractivity contribution in [3.63, 3.8) is 0 Å². The first-order valence-corrected chi connectivity index (χ1v) is 9.56. The van der Waals surface area contributed by atoms with Crippen molar-refractivity contribution in [2.75, 3.05) is 13.7 Å². The smallest absolute Gasteiger partial charge is 0.206 e. The Bertz CT molecular complexity index is 932. The van der Waals surface area contributed by atoms with Gasteiger partial charge in [-0.05, 0) is 48.0 Å². The molecule has 0 atom stereocenters. The summed E-state index contributed by atoms with van der Waals surface area (Å²) in [6.07, 6.45) is 1.86. The number of thiazole rings is 1. The number of nitrogens with zero attached hydrogens (tertiary/aromatic N) is 3. The van der Waals surface area contributed by atoms with Gasteiger partial charge in [0.2, 0.25) is 4.80 Å². The van der Waals surface area contributed by atoms with Crippen LogP contribution in [0.1, 0.15) is 12.5 Å². The molecular formula is C19H19N3OS2. The molecule has 3 rings (SSSR count). The number of ether oxygens (including phenoxy) is 1. The molecule has 0 spiro atoms. The van der Waals surface area contributed by atoms with E-state index in [1.165, 1.54) is 0 Å². The minimum Gasteiger partial charge on any atom is -0.497 e. The maximum absolute atomic E-state index is 5.24. The van der Waals surface area contributed by atoms with Gasteiger partial charge < -0.3 is 4.74 Å². The number of hydrogen-bond donors (Lipinski definition) is 0. The molecule has 0 unspecified atom stereocenters. The minimum atomic E-state index is 0.594. The summed E-state index contributed by atoms with van der Waals surface area (Å²) in [6, 6.07) is 9.99. The summed E-state index contributed by atoms with van der Waals surface area (Å²) < 4.78 is 7.12. The molecular weight excluding hydrogens is 350 g/mol. The van der Waals surface area contributed by atoms with Gasteiger partial charge in [0.25, 0.3) is 0 Å². The molecule has 0 N–H and O–H groups in total. The second-order valence-corrected chi connectivity index (χ2v) is 7.13. The average Bonchev–Trinajstić information content (AvgIpc) is 3.27. The van der Waals surface area contributed by atoms with E-state index in [0.29, 0.717) is 6.54 Å². The molecule has 0 radical (unpaired) electrons. The fourth-order valence-electron chi connectivity index (χ4n) is 2.15. The maximum atomic E-state index is 5.24. The highest BCUT2D eigenvalue weighted by Gasteiger charge is 2.07. The lowest BCUT2D eigenvalue weighted by molar-refractivity contribution is 0.415. The van der Waals surface area contributed by atoms with E-state index >= 15 is 0 Å². The third kappa shape index (κ3) is 4.35. The molecule has 1 aromatic carbocycles. The van der Waals surface area contributed by atoms with E-state index in [4.69, 9.17) is 4.74 Å². The number of thiophene rings is 1. The van der Waals surface area contributed by atoms with Crippen LogP contribution < -0.4 is 9.54 Å². The van der Waals surface area contributed by atoms with Crippen molar-refractivity contribution >= 4 is 28.9 Å². The van der Waals surface area contributed by atoms with Gasteiger partial charge in [0.1, 0.15) is 5.75 Å².